The van der Waals surface area contributed by atoms with E-state index in [2.05, 4.69) is 0 Å². The molecule has 2 heterocycles. The van der Waals surface area contributed by atoms with E-state index in [1.165, 1.54) is 0 Å². The smallest absolute Gasteiger partial charge is 0.410 e. The van der Waals surface area contributed by atoms with E-state index in [4.69, 9.17) is 19.9 Å². The maximum atomic E-state index is 13.0. The van der Waals surface area contributed by atoms with Crippen molar-refractivity contribution in [2.24, 2.45) is 5.73 Å². The summed E-state index contributed by atoms with van der Waals surface area (Å²) >= 11 is 0. The molecule has 0 bridgehead atoms. The van der Waals surface area contributed by atoms with E-state index < -0.39 is 31.0 Å². The third kappa shape index (κ3) is 8.41. The van der Waals surface area contributed by atoms with Gasteiger partial charge in [0.1, 0.15) is 5.75 Å². The van der Waals surface area contributed by atoms with E-state index in [1.54, 1.807) is 4.90 Å². The Bertz CT molecular complexity index is 912. The van der Waals surface area contributed by atoms with Crippen LogP contribution >= 0.6 is 12.4 Å². The fourth-order valence-electron chi connectivity index (χ4n) is 5.15. The number of carbonyl (C=O) groups excluding carboxylic acids is 2. The highest BCUT2D eigenvalue weighted by Gasteiger charge is 2.47. The average Bonchev–Trinajstić information content (AvgIpc) is 2.84. The molecule has 1 aromatic rings. The zero-order valence-electron chi connectivity index (χ0n) is 22.2. The summed E-state index contributed by atoms with van der Waals surface area (Å²) in [4.78, 5) is 27.1. The molecule has 214 valence electrons. The fraction of sp³-hybridized carbons (Fsp3) is 0.704. The molecule has 1 aromatic carbocycles. The monoisotopic (exact) mass is 559 g/mol. The van der Waals surface area contributed by atoms with Gasteiger partial charge in [-0.05, 0) is 76.5 Å². The maximum absolute atomic E-state index is 13.0. The highest BCUT2D eigenvalue weighted by Crippen LogP contribution is 2.29. The van der Waals surface area contributed by atoms with Crippen molar-refractivity contribution in [3.8, 4) is 5.75 Å². The van der Waals surface area contributed by atoms with E-state index in [0.717, 1.165) is 54.7 Å². The number of nitrogens with two attached hydrogens (primary N) is 1. The Morgan fingerprint density at radius 3 is 2.05 bits per heavy atom. The SMILES string of the molecule is CC(C)OC(=O)N1CCC(O[C@H]2CC[C@H](Oc3ccc(C[C@H](N)C(=O)N4CC(F)(F)C4)cc3)CC2)CC1.Cl. The summed E-state index contributed by atoms with van der Waals surface area (Å²) in [5.41, 5.74) is 6.81. The van der Waals surface area contributed by atoms with Crippen LogP contribution in [0.1, 0.15) is 57.9 Å². The Kier molecular flexibility index (Phi) is 10.6. The van der Waals surface area contributed by atoms with Gasteiger partial charge in [0.2, 0.25) is 5.91 Å². The van der Waals surface area contributed by atoms with Crippen molar-refractivity contribution in [2.75, 3.05) is 26.2 Å². The zero-order valence-corrected chi connectivity index (χ0v) is 23.0. The Morgan fingerprint density at radius 2 is 1.50 bits per heavy atom. The molecule has 8 nitrogen and oxygen atoms in total. The number of rotatable bonds is 8. The van der Waals surface area contributed by atoms with Crippen molar-refractivity contribution < 1.29 is 32.6 Å². The molecule has 3 fully saturated rings. The second-order valence-electron chi connectivity index (χ2n) is 10.8. The predicted molar refractivity (Wildman–Crippen MR) is 141 cm³/mol. The first-order valence-corrected chi connectivity index (χ1v) is 13.4. The normalized spacial score (nSPS) is 24.3. The molecule has 2 N–H and O–H groups in total. The Balaban J connectivity index is 0.00000400. The van der Waals surface area contributed by atoms with Crippen LogP contribution < -0.4 is 10.5 Å². The van der Waals surface area contributed by atoms with Gasteiger partial charge in [-0.25, -0.2) is 13.6 Å². The molecule has 3 aliphatic rings. The molecule has 2 amide bonds. The number of likely N-dealkylation sites (tertiary alicyclic amines) is 2. The molecule has 1 aliphatic carbocycles. The number of piperidine rings is 1. The summed E-state index contributed by atoms with van der Waals surface area (Å²) in [6, 6.07) is 6.63. The van der Waals surface area contributed by atoms with Crippen molar-refractivity contribution >= 4 is 24.4 Å². The summed E-state index contributed by atoms with van der Waals surface area (Å²) in [6.07, 6.45) is 5.80. The number of alkyl halides is 2. The fourth-order valence-corrected chi connectivity index (χ4v) is 5.15. The van der Waals surface area contributed by atoms with Gasteiger partial charge < -0.3 is 29.7 Å². The predicted octanol–water partition coefficient (Wildman–Crippen LogP) is 4.17. The lowest BCUT2D eigenvalue weighted by atomic mass is 9.94. The first-order valence-electron chi connectivity index (χ1n) is 13.4. The topological polar surface area (TPSA) is 94.3 Å². The third-order valence-electron chi connectivity index (χ3n) is 7.20. The average molecular weight is 560 g/mol. The van der Waals surface area contributed by atoms with E-state index >= 15 is 0 Å². The summed E-state index contributed by atoms with van der Waals surface area (Å²) in [6.45, 7) is 3.94. The molecular formula is C27H40ClF2N3O5. The molecule has 2 saturated heterocycles. The zero-order chi connectivity index (χ0) is 26.6. The Hall–Kier alpha value is -2.17. The van der Waals surface area contributed by atoms with Gasteiger partial charge in [-0.15, -0.1) is 12.4 Å². The quantitative estimate of drug-likeness (QED) is 0.514. The minimum Gasteiger partial charge on any atom is -0.490 e. The van der Waals surface area contributed by atoms with Crippen LogP contribution in [0, 0.1) is 0 Å². The van der Waals surface area contributed by atoms with E-state index in [0.29, 0.717) is 19.5 Å². The number of benzene rings is 1. The van der Waals surface area contributed by atoms with Crippen LogP contribution in [0.2, 0.25) is 0 Å². The van der Waals surface area contributed by atoms with Gasteiger partial charge in [-0.1, -0.05) is 12.1 Å². The molecule has 0 unspecified atom stereocenters. The lowest BCUT2D eigenvalue weighted by Crippen LogP contribution is -2.62. The van der Waals surface area contributed by atoms with Gasteiger partial charge in [0.15, 0.2) is 0 Å². The van der Waals surface area contributed by atoms with Crippen LogP contribution in [0.5, 0.6) is 5.75 Å². The van der Waals surface area contributed by atoms with Crippen LogP contribution in [-0.4, -0.2) is 84.4 Å². The number of amides is 2. The number of ether oxygens (including phenoxy) is 3. The number of hydrogen-bond acceptors (Lipinski definition) is 6. The minimum absolute atomic E-state index is 0. The molecule has 11 heteroatoms. The van der Waals surface area contributed by atoms with Crippen LogP contribution in [0.15, 0.2) is 24.3 Å². The first kappa shape index (κ1) is 30.4. The van der Waals surface area contributed by atoms with Gasteiger partial charge in [-0.2, -0.15) is 0 Å². The lowest BCUT2D eigenvalue weighted by Gasteiger charge is -2.39. The van der Waals surface area contributed by atoms with Gasteiger partial charge in [0.25, 0.3) is 5.92 Å². The maximum Gasteiger partial charge on any atom is 0.410 e. The number of halogens is 3. The molecular weight excluding hydrogens is 520 g/mol. The Labute approximate surface area is 229 Å². The summed E-state index contributed by atoms with van der Waals surface area (Å²) in [7, 11) is 0. The molecule has 1 saturated carbocycles. The van der Waals surface area contributed by atoms with Crippen LogP contribution in [0.3, 0.4) is 0 Å². The van der Waals surface area contributed by atoms with E-state index in [9.17, 15) is 18.4 Å². The molecule has 38 heavy (non-hydrogen) atoms. The minimum atomic E-state index is -2.79. The standard InChI is InChI=1S/C27H39F2N3O5.ClH/c1-18(2)35-26(34)31-13-11-23(12-14-31)37-22-9-7-21(8-10-22)36-20-5-3-19(4-6-20)15-24(30)25(33)32-16-27(28,29)17-32;/h3-6,18,21-24H,7-17,30H2,1-2H3;1H/t21-,22-,24-;/m0./s1. The highest BCUT2D eigenvalue weighted by molar-refractivity contribution is 5.85. The van der Waals surface area contributed by atoms with Gasteiger partial charge in [-0.3, -0.25) is 4.79 Å². The highest BCUT2D eigenvalue weighted by atomic mass is 35.5. The molecule has 0 spiro atoms. The summed E-state index contributed by atoms with van der Waals surface area (Å²) < 4.78 is 43.8. The van der Waals surface area contributed by atoms with Crippen molar-refractivity contribution in [1.29, 1.82) is 0 Å². The Morgan fingerprint density at radius 1 is 0.947 bits per heavy atom. The number of nitrogens with zero attached hydrogens (tertiary/aromatic N) is 2. The van der Waals surface area contributed by atoms with Crippen LogP contribution in [0.4, 0.5) is 13.6 Å². The molecule has 0 radical (unpaired) electrons. The number of hydrogen-bond donors (Lipinski definition) is 1. The van der Waals surface area contributed by atoms with Crippen molar-refractivity contribution in [3.63, 3.8) is 0 Å². The second kappa shape index (κ2) is 13.3. The lowest BCUT2D eigenvalue weighted by molar-refractivity contribution is -0.166. The molecule has 2 aliphatic heterocycles. The van der Waals surface area contributed by atoms with Crippen LogP contribution in [-0.2, 0) is 20.7 Å². The van der Waals surface area contributed by atoms with Gasteiger partial charge >= 0.3 is 6.09 Å². The molecule has 1 atom stereocenters. The van der Waals surface area contributed by atoms with Crippen LogP contribution in [0.25, 0.3) is 0 Å². The van der Waals surface area contributed by atoms with E-state index in [-0.39, 0.29) is 42.9 Å². The third-order valence-corrected chi connectivity index (χ3v) is 7.20. The van der Waals surface area contributed by atoms with Crippen molar-refractivity contribution in [1.82, 2.24) is 9.80 Å². The van der Waals surface area contributed by atoms with E-state index in [1.807, 2.05) is 38.1 Å². The molecule has 0 aromatic heterocycles. The molecule has 4 rings (SSSR count). The summed E-state index contributed by atoms with van der Waals surface area (Å²) in [5, 5.41) is 0. The van der Waals surface area contributed by atoms with Gasteiger partial charge in [0.05, 0.1) is 43.5 Å². The van der Waals surface area contributed by atoms with Crippen molar-refractivity contribution in [2.45, 2.75) is 95.2 Å². The number of carbonyl (C=O) groups is 2. The van der Waals surface area contributed by atoms with Gasteiger partial charge in [0, 0.05) is 13.1 Å². The largest absolute Gasteiger partial charge is 0.490 e. The summed E-state index contributed by atoms with van der Waals surface area (Å²) in [5.74, 6) is -2.47. The first-order chi connectivity index (χ1) is 17.6. The second-order valence-corrected chi connectivity index (χ2v) is 10.8. The van der Waals surface area contributed by atoms with Crippen molar-refractivity contribution in [3.05, 3.63) is 29.8 Å².